The minimum absolute atomic E-state index is 0.249. The van der Waals surface area contributed by atoms with Crippen LogP contribution in [0.5, 0.6) is 0 Å². The number of unbranched alkanes of at least 4 members (excludes halogenated alkanes) is 2. The number of methoxy groups -OCH3 is 1. The molecule has 0 heterocycles. The van der Waals surface area contributed by atoms with Gasteiger partial charge in [0.1, 0.15) is 0 Å². The van der Waals surface area contributed by atoms with Crippen LogP contribution in [-0.4, -0.2) is 34.2 Å². The molecular formula is C7H13F3O4S. The van der Waals surface area contributed by atoms with Gasteiger partial charge in [-0.25, -0.2) is 0 Å². The van der Waals surface area contributed by atoms with Gasteiger partial charge in [0.15, 0.2) is 0 Å². The standard InChI is InChI=1S/C7H13F3O4S/c1-13-5-3-2-4-6-14-15(11,12)7(8,9)10/h2-6H2,1H3. The zero-order valence-electron chi connectivity index (χ0n) is 8.21. The van der Waals surface area contributed by atoms with E-state index >= 15 is 0 Å². The summed E-state index contributed by atoms with van der Waals surface area (Å²) in [6.07, 6.45) is 1.46. The van der Waals surface area contributed by atoms with Crippen LogP contribution in [0.15, 0.2) is 0 Å². The zero-order chi connectivity index (χ0) is 11.9. The molecule has 0 unspecified atom stereocenters. The van der Waals surface area contributed by atoms with E-state index in [2.05, 4.69) is 4.18 Å². The zero-order valence-corrected chi connectivity index (χ0v) is 9.03. The SMILES string of the molecule is COCCCCCOS(=O)(=O)C(F)(F)F. The fourth-order valence-corrected chi connectivity index (χ4v) is 1.23. The lowest BCUT2D eigenvalue weighted by Crippen LogP contribution is -2.25. The minimum Gasteiger partial charge on any atom is -0.385 e. The van der Waals surface area contributed by atoms with Gasteiger partial charge >= 0.3 is 15.6 Å². The summed E-state index contributed by atoms with van der Waals surface area (Å²) >= 11 is 0. The molecule has 0 bridgehead atoms. The van der Waals surface area contributed by atoms with Gasteiger partial charge in [0.25, 0.3) is 0 Å². The van der Waals surface area contributed by atoms with Crippen molar-refractivity contribution in [3.05, 3.63) is 0 Å². The van der Waals surface area contributed by atoms with E-state index in [9.17, 15) is 21.6 Å². The van der Waals surface area contributed by atoms with Crippen LogP contribution in [0.25, 0.3) is 0 Å². The highest BCUT2D eigenvalue weighted by atomic mass is 32.2. The van der Waals surface area contributed by atoms with E-state index in [1.807, 2.05) is 0 Å². The van der Waals surface area contributed by atoms with E-state index in [0.29, 0.717) is 19.4 Å². The summed E-state index contributed by atoms with van der Waals surface area (Å²) in [5.74, 6) is 0. The number of halogens is 3. The Morgan fingerprint density at radius 2 is 1.60 bits per heavy atom. The number of alkyl halides is 3. The normalized spacial score (nSPS) is 13.1. The van der Waals surface area contributed by atoms with Gasteiger partial charge in [-0.15, -0.1) is 0 Å². The van der Waals surface area contributed by atoms with E-state index < -0.39 is 22.2 Å². The molecule has 0 saturated heterocycles. The van der Waals surface area contributed by atoms with Gasteiger partial charge in [0, 0.05) is 13.7 Å². The van der Waals surface area contributed by atoms with Crippen LogP contribution in [0.2, 0.25) is 0 Å². The lowest BCUT2D eigenvalue weighted by molar-refractivity contribution is -0.0543. The second-order valence-corrected chi connectivity index (χ2v) is 4.38. The highest BCUT2D eigenvalue weighted by Crippen LogP contribution is 2.24. The third-order valence-electron chi connectivity index (χ3n) is 1.51. The molecule has 0 aromatic carbocycles. The van der Waals surface area contributed by atoms with Gasteiger partial charge in [0.2, 0.25) is 0 Å². The van der Waals surface area contributed by atoms with E-state index in [-0.39, 0.29) is 6.42 Å². The van der Waals surface area contributed by atoms with Crippen LogP contribution >= 0.6 is 0 Å². The largest absolute Gasteiger partial charge is 0.523 e. The summed E-state index contributed by atoms with van der Waals surface area (Å²) in [4.78, 5) is 0. The number of ether oxygens (including phenoxy) is 1. The third kappa shape index (κ3) is 5.95. The summed E-state index contributed by atoms with van der Waals surface area (Å²) in [7, 11) is -3.92. The molecular weight excluding hydrogens is 237 g/mol. The lowest BCUT2D eigenvalue weighted by Gasteiger charge is -2.07. The Morgan fingerprint density at radius 3 is 2.07 bits per heavy atom. The number of hydrogen-bond donors (Lipinski definition) is 0. The predicted molar refractivity (Wildman–Crippen MR) is 46.7 cm³/mol. The van der Waals surface area contributed by atoms with Gasteiger partial charge in [-0.3, -0.25) is 4.18 Å². The minimum atomic E-state index is -5.42. The molecule has 0 amide bonds. The topological polar surface area (TPSA) is 52.6 Å². The Labute approximate surface area is 86.5 Å². The van der Waals surface area contributed by atoms with Crippen LogP contribution in [0.4, 0.5) is 13.2 Å². The van der Waals surface area contributed by atoms with Crippen LogP contribution in [-0.2, 0) is 19.0 Å². The van der Waals surface area contributed by atoms with Crippen LogP contribution in [0.1, 0.15) is 19.3 Å². The molecule has 0 N–H and O–H groups in total. The molecule has 0 aromatic heterocycles. The van der Waals surface area contributed by atoms with Crippen molar-refractivity contribution in [2.45, 2.75) is 24.8 Å². The molecule has 0 aliphatic carbocycles. The molecule has 0 aliphatic rings. The molecule has 0 radical (unpaired) electrons. The van der Waals surface area contributed by atoms with E-state index in [0.717, 1.165) is 0 Å². The predicted octanol–water partition coefficient (Wildman–Crippen LogP) is 1.67. The fraction of sp³-hybridized carbons (Fsp3) is 1.00. The number of rotatable bonds is 7. The highest BCUT2D eigenvalue weighted by Gasteiger charge is 2.47. The average molecular weight is 250 g/mol. The summed E-state index contributed by atoms with van der Waals surface area (Å²) in [6, 6.07) is 0. The van der Waals surface area contributed by atoms with Gasteiger partial charge in [-0.1, -0.05) is 0 Å². The maximum absolute atomic E-state index is 11.7. The van der Waals surface area contributed by atoms with Crippen molar-refractivity contribution in [1.82, 2.24) is 0 Å². The Balaban J connectivity index is 3.69. The summed E-state index contributed by atoms with van der Waals surface area (Å²) in [6.45, 7) is 0.0393. The van der Waals surface area contributed by atoms with Crippen LogP contribution in [0, 0.1) is 0 Å². The van der Waals surface area contributed by atoms with Crippen molar-refractivity contribution in [3.8, 4) is 0 Å². The van der Waals surface area contributed by atoms with Gasteiger partial charge < -0.3 is 4.74 Å². The Bertz CT molecular complexity index is 260. The van der Waals surface area contributed by atoms with E-state index in [1.54, 1.807) is 0 Å². The first kappa shape index (κ1) is 14.7. The molecule has 8 heteroatoms. The molecule has 0 fully saturated rings. The summed E-state index contributed by atoms with van der Waals surface area (Å²) in [5, 5.41) is 0. The fourth-order valence-electron chi connectivity index (χ4n) is 0.761. The van der Waals surface area contributed by atoms with Crippen molar-refractivity contribution in [2.75, 3.05) is 20.3 Å². The molecule has 0 rings (SSSR count). The first-order valence-electron chi connectivity index (χ1n) is 4.26. The third-order valence-corrected chi connectivity index (χ3v) is 2.56. The molecule has 92 valence electrons. The molecule has 0 aliphatic heterocycles. The second kappa shape index (κ2) is 6.29. The summed E-state index contributed by atoms with van der Waals surface area (Å²) in [5.41, 5.74) is -5.33. The van der Waals surface area contributed by atoms with Gasteiger partial charge in [0.05, 0.1) is 6.61 Å². The molecule has 0 saturated carbocycles. The molecule has 4 nitrogen and oxygen atoms in total. The molecule has 0 spiro atoms. The average Bonchev–Trinajstić information content (AvgIpc) is 2.09. The van der Waals surface area contributed by atoms with Crippen molar-refractivity contribution < 1.29 is 30.5 Å². The summed E-state index contributed by atoms with van der Waals surface area (Å²) < 4.78 is 64.4. The van der Waals surface area contributed by atoms with E-state index in [4.69, 9.17) is 4.74 Å². The van der Waals surface area contributed by atoms with Crippen molar-refractivity contribution in [3.63, 3.8) is 0 Å². The number of hydrogen-bond acceptors (Lipinski definition) is 4. The smallest absolute Gasteiger partial charge is 0.385 e. The Morgan fingerprint density at radius 1 is 1.07 bits per heavy atom. The Kier molecular flexibility index (Phi) is 6.15. The van der Waals surface area contributed by atoms with Gasteiger partial charge in [-0.05, 0) is 19.3 Å². The highest BCUT2D eigenvalue weighted by molar-refractivity contribution is 7.87. The Hall–Kier alpha value is -0.340. The molecule has 0 atom stereocenters. The lowest BCUT2D eigenvalue weighted by atomic mass is 10.2. The van der Waals surface area contributed by atoms with Crippen molar-refractivity contribution >= 4 is 10.1 Å². The van der Waals surface area contributed by atoms with Gasteiger partial charge in [-0.2, -0.15) is 21.6 Å². The second-order valence-electron chi connectivity index (χ2n) is 2.78. The van der Waals surface area contributed by atoms with Crippen LogP contribution in [0.3, 0.4) is 0 Å². The molecule has 0 aromatic rings. The monoisotopic (exact) mass is 250 g/mol. The quantitative estimate of drug-likeness (QED) is 0.392. The first-order valence-corrected chi connectivity index (χ1v) is 5.66. The first-order chi connectivity index (χ1) is 6.81. The molecule has 15 heavy (non-hydrogen) atoms. The maximum atomic E-state index is 11.7. The maximum Gasteiger partial charge on any atom is 0.523 e. The van der Waals surface area contributed by atoms with Crippen molar-refractivity contribution in [1.29, 1.82) is 0 Å². The van der Waals surface area contributed by atoms with Crippen molar-refractivity contribution in [2.24, 2.45) is 0 Å². The van der Waals surface area contributed by atoms with E-state index in [1.165, 1.54) is 7.11 Å². The van der Waals surface area contributed by atoms with Crippen LogP contribution < -0.4 is 0 Å².